The van der Waals surface area contributed by atoms with E-state index < -0.39 is 0 Å². The minimum absolute atomic E-state index is 0.632. The number of hydrogen-bond acceptors (Lipinski definition) is 2. The van der Waals surface area contributed by atoms with Crippen LogP contribution in [-0.2, 0) is 19.5 Å². The maximum Gasteiger partial charge on any atom is 0.191 e. The third-order valence-corrected chi connectivity index (χ3v) is 4.90. The number of halogens is 1. The van der Waals surface area contributed by atoms with E-state index in [1.807, 2.05) is 31.5 Å². The molecule has 0 radical (unpaired) electrons. The third-order valence-electron chi connectivity index (χ3n) is 4.65. The molecule has 3 aromatic rings. The number of aromatic nitrogens is 2. The molecule has 0 aliphatic rings. The van der Waals surface area contributed by atoms with E-state index in [2.05, 4.69) is 63.5 Å². The zero-order valence-electron chi connectivity index (χ0n) is 17.0. The van der Waals surface area contributed by atoms with Crippen molar-refractivity contribution in [1.82, 2.24) is 20.2 Å². The quantitative estimate of drug-likeness (QED) is 0.433. The van der Waals surface area contributed by atoms with Gasteiger partial charge in [-0.2, -0.15) is 0 Å². The molecule has 0 aliphatic heterocycles. The van der Waals surface area contributed by atoms with Crippen molar-refractivity contribution in [2.45, 2.75) is 33.4 Å². The van der Waals surface area contributed by atoms with Gasteiger partial charge in [-0.15, -0.1) is 0 Å². The fourth-order valence-corrected chi connectivity index (χ4v) is 3.21. The van der Waals surface area contributed by atoms with Crippen molar-refractivity contribution in [2.24, 2.45) is 4.99 Å². The molecule has 0 bridgehead atoms. The van der Waals surface area contributed by atoms with E-state index >= 15 is 0 Å². The monoisotopic (exact) mass is 409 g/mol. The van der Waals surface area contributed by atoms with E-state index in [0.29, 0.717) is 6.54 Å². The number of aliphatic imine (C=N–C) groups is 1. The van der Waals surface area contributed by atoms with Gasteiger partial charge in [0.05, 0.1) is 6.54 Å². The van der Waals surface area contributed by atoms with Crippen molar-refractivity contribution in [3.63, 3.8) is 0 Å². The number of guanidine groups is 1. The summed E-state index contributed by atoms with van der Waals surface area (Å²) >= 11 is 5.95. The standard InChI is InChI=1S/C23H28ClN5/c1-3-25-23(27-12-11-19-7-9-22(24)10-8-19)28-16-20-5-4-6-21(15-20)17-29-14-13-26-18(29)2/h4-10,13-15H,3,11-12,16-17H2,1-2H3,(H2,25,27,28). The molecule has 0 spiro atoms. The molecule has 0 aliphatic carbocycles. The third kappa shape index (κ3) is 6.64. The Labute approximate surface area is 177 Å². The summed E-state index contributed by atoms with van der Waals surface area (Å²) in [6.45, 7) is 7.19. The second-order valence-corrected chi connectivity index (χ2v) is 7.36. The van der Waals surface area contributed by atoms with Gasteiger partial charge in [0.2, 0.25) is 0 Å². The van der Waals surface area contributed by atoms with Crippen molar-refractivity contribution in [1.29, 1.82) is 0 Å². The number of hydrogen-bond donors (Lipinski definition) is 2. The molecule has 2 N–H and O–H groups in total. The van der Waals surface area contributed by atoms with Gasteiger partial charge in [0.15, 0.2) is 5.96 Å². The molecule has 1 heterocycles. The summed E-state index contributed by atoms with van der Waals surface area (Å²) in [5, 5.41) is 7.48. The first kappa shape index (κ1) is 20.9. The summed E-state index contributed by atoms with van der Waals surface area (Å²) in [5.41, 5.74) is 3.69. The van der Waals surface area contributed by atoms with Gasteiger partial charge in [-0.3, -0.25) is 0 Å². The fourth-order valence-electron chi connectivity index (χ4n) is 3.08. The normalized spacial score (nSPS) is 11.5. The minimum atomic E-state index is 0.632. The van der Waals surface area contributed by atoms with Gasteiger partial charge >= 0.3 is 0 Å². The number of nitrogens with zero attached hydrogens (tertiary/aromatic N) is 3. The molecular formula is C23H28ClN5. The largest absolute Gasteiger partial charge is 0.357 e. The predicted molar refractivity (Wildman–Crippen MR) is 120 cm³/mol. The average molecular weight is 410 g/mol. The van der Waals surface area contributed by atoms with Crippen molar-refractivity contribution in [2.75, 3.05) is 13.1 Å². The lowest BCUT2D eigenvalue weighted by molar-refractivity contribution is 0.760. The molecule has 5 nitrogen and oxygen atoms in total. The van der Waals surface area contributed by atoms with Crippen LogP contribution >= 0.6 is 11.6 Å². The van der Waals surface area contributed by atoms with Crippen molar-refractivity contribution < 1.29 is 0 Å². The van der Waals surface area contributed by atoms with Gasteiger partial charge in [-0.1, -0.05) is 48.0 Å². The van der Waals surface area contributed by atoms with Crippen LogP contribution in [0.15, 0.2) is 65.9 Å². The SMILES string of the molecule is CCNC(=NCc1cccc(Cn2ccnc2C)c1)NCCc1ccc(Cl)cc1. The molecule has 0 fully saturated rings. The molecule has 29 heavy (non-hydrogen) atoms. The topological polar surface area (TPSA) is 54.2 Å². The highest BCUT2D eigenvalue weighted by Gasteiger charge is 2.02. The first-order valence-corrected chi connectivity index (χ1v) is 10.3. The Morgan fingerprint density at radius 2 is 1.86 bits per heavy atom. The zero-order chi connectivity index (χ0) is 20.5. The van der Waals surface area contributed by atoms with Crippen LogP contribution in [-0.4, -0.2) is 28.6 Å². The van der Waals surface area contributed by atoms with Gasteiger partial charge in [0.1, 0.15) is 5.82 Å². The van der Waals surface area contributed by atoms with Crippen molar-refractivity contribution in [3.8, 4) is 0 Å². The first-order chi connectivity index (χ1) is 14.1. The summed E-state index contributed by atoms with van der Waals surface area (Å²) in [7, 11) is 0. The molecule has 152 valence electrons. The molecule has 6 heteroatoms. The Bertz CT molecular complexity index is 930. The Balaban J connectivity index is 1.57. The lowest BCUT2D eigenvalue weighted by Gasteiger charge is -2.12. The highest BCUT2D eigenvalue weighted by atomic mass is 35.5. The Kier molecular flexibility index (Phi) is 7.70. The van der Waals surface area contributed by atoms with E-state index in [9.17, 15) is 0 Å². The van der Waals surface area contributed by atoms with Crippen LogP contribution in [0.25, 0.3) is 0 Å². The summed E-state index contributed by atoms with van der Waals surface area (Å²) in [4.78, 5) is 9.03. The van der Waals surface area contributed by atoms with E-state index in [1.165, 1.54) is 16.7 Å². The van der Waals surface area contributed by atoms with Gasteiger partial charge < -0.3 is 15.2 Å². The van der Waals surface area contributed by atoms with Crippen LogP contribution in [0.5, 0.6) is 0 Å². The summed E-state index contributed by atoms with van der Waals surface area (Å²) in [6.07, 6.45) is 4.76. The molecule has 0 saturated carbocycles. The summed E-state index contributed by atoms with van der Waals surface area (Å²) in [6, 6.07) is 16.5. The summed E-state index contributed by atoms with van der Waals surface area (Å²) in [5.74, 6) is 1.85. The molecule has 0 unspecified atom stereocenters. The van der Waals surface area contributed by atoms with Crippen molar-refractivity contribution >= 4 is 17.6 Å². The second kappa shape index (κ2) is 10.7. The highest BCUT2D eigenvalue weighted by Crippen LogP contribution is 2.11. The van der Waals surface area contributed by atoms with Crippen molar-refractivity contribution in [3.05, 3.63) is 88.5 Å². The van der Waals surface area contributed by atoms with E-state index in [4.69, 9.17) is 16.6 Å². The van der Waals surface area contributed by atoms with Crippen LogP contribution in [0, 0.1) is 6.92 Å². The van der Waals surface area contributed by atoms with E-state index in [-0.39, 0.29) is 0 Å². The molecular weight excluding hydrogens is 382 g/mol. The van der Waals surface area contributed by atoms with Crippen LogP contribution < -0.4 is 10.6 Å². The molecule has 1 aromatic heterocycles. The lowest BCUT2D eigenvalue weighted by Crippen LogP contribution is -2.38. The Hall–Kier alpha value is -2.79. The molecule has 0 saturated heterocycles. The number of rotatable bonds is 8. The second-order valence-electron chi connectivity index (χ2n) is 6.92. The molecule has 0 amide bonds. The Morgan fingerprint density at radius 1 is 1.07 bits per heavy atom. The fraction of sp³-hybridized carbons (Fsp3) is 0.304. The maximum absolute atomic E-state index is 5.95. The zero-order valence-corrected chi connectivity index (χ0v) is 17.8. The number of aryl methyl sites for hydroxylation is 1. The molecule has 2 aromatic carbocycles. The number of nitrogens with one attached hydrogen (secondary N) is 2. The number of benzene rings is 2. The average Bonchev–Trinajstić information content (AvgIpc) is 3.12. The van der Waals surface area contributed by atoms with Crippen LogP contribution in [0.3, 0.4) is 0 Å². The van der Waals surface area contributed by atoms with Gasteiger partial charge in [-0.25, -0.2) is 9.98 Å². The smallest absolute Gasteiger partial charge is 0.191 e. The van der Waals surface area contributed by atoms with Gasteiger partial charge in [-0.05, 0) is 49.1 Å². The molecule has 3 rings (SSSR count). The minimum Gasteiger partial charge on any atom is -0.357 e. The maximum atomic E-state index is 5.95. The van der Waals surface area contributed by atoms with E-state index in [1.54, 1.807) is 0 Å². The van der Waals surface area contributed by atoms with Crippen LogP contribution in [0.4, 0.5) is 0 Å². The highest BCUT2D eigenvalue weighted by molar-refractivity contribution is 6.30. The van der Waals surface area contributed by atoms with Gasteiger partial charge in [0.25, 0.3) is 0 Å². The number of imidazole rings is 1. The summed E-state index contributed by atoms with van der Waals surface area (Å²) < 4.78 is 2.14. The lowest BCUT2D eigenvalue weighted by atomic mass is 10.1. The first-order valence-electron chi connectivity index (χ1n) is 9.96. The van der Waals surface area contributed by atoms with Gasteiger partial charge in [0, 0.05) is 37.1 Å². The van der Waals surface area contributed by atoms with E-state index in [0.717, 1.165) is 42.9 Å². The van der Waals surface area contributed by atoms with Crippen LogP contribution in [0.2, 0.25) is 5.02 Å². The predicted octanol–water partition coefficient (Wildman–Crippen LogP) is 4.19. The molecule has 0 atom stereocenters. The van der Waals surface area contributed by atoms with Crippen LogP contribution in [0.1, 0.15) is 29.4 Å². The Morgan fingerprint density at radius 3 is 2.59 bits per heavy atom.